The molecule has 0 bridgehead atoms. The minimum atomic E-state index is -2.94. The number of anilines is 1. The first kappa shape index (κ1) is 15.2. The molecule has 118 valence electrons. The summed E-state index contributed by atoms with van der Waals surface area (Å²) in [5, 5.41) is 1.04. The molecular formula is C16H21N3O2S. The third-order valence-electron chi connectivity index (χ3n) is 4.13. The fourth-order valence-electron chi connectivity index (χ4n) is 3.23. The molecule has 1 atom stereocenters. The van der Waals surface area contributed by atoms with Gasteiger partial charge in [-0.05, 0) is 37.8 Å². The number of hydrogen-bond donors (Lipinski definition) is 0. The normalized spacial score (nSPS) is 19.5. The van der Waals surface area contributed by atoms with Crippen molar-refractivity contribution < 1.29 is 8.42 Å². The first-order valence-electron chi connectivity index (χ1n) is 7.56. The molecule has 1 aromatic heterocycles. The van der Waals surface area contributed by atoms with E-state index in [0.29, 0.717) is 0 Å². The number of aromatic nitrogens is 2. The molecule has 22 heavy (non-hydrogen) atoms. The lowest BCUT2D eigenvalue weighted by Gasteiger charge is -2.33. The van der Waals surface area contributed by atoms with E-state index >= 15 is 0 Å². The van der Waals surface area contributed by atoms with Crippen molar-refractivity contribution in [2.75, 3.05) is 30.0 Å². The van der Waals surface area contributed by atoms with Gasteiger partial charge in [-0.3, -0.25) is 0 Å². The van der Waals surface area contributed by atoms with Crippen molar-refractivity contribution in [3.63, 3.8) is 0 Å². The van der Waals surface area contributed by atoms with Crippen LogP contribution in [0.15, 0.2) is 24.5 Å². The average molecular weight is 319 g/mol. The van der Waals surface area contributed by atoms with Gasteiger partial charge in [0.05, 0.1) is 11.3 Å². The van der Waals surface area contributed by atoms with Gasteiger partial charge in [-0.1, -0.05) is 11.6 Å². The van der Waals surface area contributed by atoms with Crippen LogP contribution in [0.2, 0.25) is 0 Å². The van der Waals surface area contributed by atoms with Crippen LogP contribution in [-0.2, 0) is 9.84 Å². The van der Waals surface area contributed by atoms with Gasteiger partial charge in [-0.25, -0.2) is 18.4 Å². The highest BCUT2D eigenvalue weighted by Crippen LogP contribution is 2.28. The maximum Gasteiger partial charge on any atom is 0.147 e. The summed E-state index contributed by atoms with van der Waals surface area (Å²) in [6.45, 7) is 3.71. The second kappa shape index (κ2) is 5.83. The molecule has 1 unspecified atom stereocenters. The first-order chi connectivity index (χ1) is 10.4. The van der Waals surface area contributed by atoms with Crippen LogP contribution in [0, 0.1) is 12.8 Å². The molecule has 1 saturated heterocycles. The van der Waals surface area contributed by atoms with Gasteiger partial charge in [0.15, 0.2) is 0 Å². The zero-order valence-electron chi connectivity index (χ0n) is 13.0. The molecule has 0 radical (unpaired) electrons. The number of piperidine rings is 1. The Morgan fingerprint density at radius 2 is 2.14 bits per heavy atom. The van der Waals surface area contributed by atoms with Gasteiger partial charge in [0.2, 0.25) is 0 Å². The summed E-state index contributed by atoms with van der Waals surface area (Å²) < 4.78 is 23.1. The van der Waals surface area contributed by atoms with Crippen molar-refractivity contribution in [2.45, 2.75) is 19.8 Å². The summed E-state index contributed by atoms with van der Waals surface area (Å²) in [6.07, 6.45) is 4.87. The zero-order valence-corrected chi connectivity index (χ0v) is 13.8. The Morgan fingerprint density at radius 3 is 2.91 bits per heavy atom. The van der Waals surface area contributed by atoms with Crippen molar-refractivity contribution in [1.82, 2.24) is 9.97 Å². The molecule has 1 aliphatic heterocycles. The third kappa shape index (κ3) is 3.38. The van der Waals surface area contributed by atoms with Crippen molar-refractivity contribution in [2.24, 2.45) is 5.92 Å². The molecule has 3 rings (SSSR count). The minimum Gasteiger partial charge on any atom is -0.356 e. The van der Waals surface area contributed by atoms with Gasteiger partial charge in [-0.2, -0.15) is 0 Å². The summed E-state index contributed by atoms with van der Waals surface area (Å²) >= 11 is 0. The molecule has 5 nitrogen and oxygen atoms in total. The van der Waals surface area contributed by atoms with Gasteiger partial charge in [-0.15, -0.1) is 0 Å². The predicted molar refractivity (Wildman–Crippen MR) is 88.9 cm³/mol. The van der Waals surface area contributed by atoms with E-state index in [-0.39, 0.29) is 11.7 Å². The molecular weight excluding hydrogens is 298 g/mol. The fraction of sp³-hybridized carbons (Fsp3) is 0.500. The maximum atomic E-state index is 11.6. The molecule has 0 aliphatic carbocycles. The third-order valence-corrected chi connectivity index (χ3v) is 5.20. The van der Waals surface area contributed by atoms with E-state index in [0.717, 1.165) is 42.7 Å². The standard InChI is InChI=1S/C16H21N3O2S/c1-12-5-6-15-14(8-12)16(18-11-17-15)19-7-3-4-13(9-19)10-22(2,20)21/h5-6,8,11,13H,3-4,7,9-10H2,1-2H3. The number of benzene rings is 1. The lowest BCUT2D eigenvalue weighted by molar-refractivity contribution is 0.443. The Labute approximate surface area is 131 Å². The van der Waals surface area contributed by atoms with Gasteiger partial charge >= 0.3 is 0 Å². The maximum absolute atomic E-state index is 11.6. The molecule has 0 spiro atoms. The van der Waals surface area contributed by atoms with Crippen LogP contribution in [0.3, 0.4) is 0 Å². The highest BCUT2D eigenvalue weighted by Gasteiger charge is 2.25. The number of rotatable bonds is 3. The summed E-state index contributed by atoms with van der Waals surface area (Å²) in [7, 11) is -2.94. The fourth-order valence-corrected chi connectivity index (χ4v) is 4.36. The second-order valence-electron chi connectivity index (χ2n) is 6.26. The van der Waals surface area contributed by atoms with Gasteiger partial charge in [0.1, 0.15) is 22.0 Å². The number of aryl methyl sites for hydroxylation is 1. The number of nitrogens with zero attached hydrogens (tertiary/aromatic N) is 3. The van der Waals surface area contributed by atoms with Crippen LogP contribution in [-0.4, -0.2) is 43.5 Å². The van der Waals surface area contributed by atoms with Gasteiger partial charge in [0, 0.05) is 24.7 Å². The number of fused-ring (bicyclic) bond motifs is 1. The monoisotopic (exact) mass is 319 g/mol. The van der Waals surface area contributed by atoms with Crippen LogP contribution in [0.25, 0.3) is 10.9 Å². The molecule has 1 aliphatic rings. The van der Waals surface area contributed by atoms with Crippen molar-refractivity contribution >= 4 is 26.6 Å². The van der Waals surface area contributed by atoms with Gasteiger partial charge in [0.25, 0.3) is 0 Å². The van der Waals surface area contributed by atoms with E-state index in [9.17, 15) is 8.42 Å². The van der Waals surface area contributed by atoms with Crippen LogP contribution in [0.4, 0.5) is 5.82 Å². The molecule has 0 N–H and O–H groups in total. The van der Waals surface area contributed by atoms with Crippen molar-refractivity contribution in [3.05, 3.63) is 30.1 Å². The quantitative estimate of drug-likeness (QED) is 0.868. The average Bonchev–Trinajstić information content (AvgIpc) is 2.45. The molecule has 1 fully saturated rings. The Morgan fingerprint density at radius 1 is 1.32 bits per heavy atom. The Bertz CT molecular complexity index is 789. The predicted octanol–water partition coefficient (Wildman–Crippen LogP) is 2.20. The smallest absolute Gasteiger partial charge is 0.147 e. The lowest BCUT2D eigenvalue weighted by Crippen LogP contribution is -2.38. The summed E-state index contributed by atoms with van der Waals surface area (Å²) in [4.78, 5) is 11.0. The Hall–Kier alpha value is -1.69. The van der Waals surface area contributed by atoms with Crippen LogP contribution < -0.4 is 4.90 Å². The molecule has 6 heteroatoms. The van der Waals surface area contributed by atoms with E-state index in [1.165, 1.54) is 11.8 Å². The minimum absolute atomic E-state index is 0.179. The Balaban J connectivity index is 1.92. The number of sulfone groups is 1. The van der Waals surface area contributed by atoms with E-state index in [1.807, 2.05) is 12.1 Å². The highest BCUT2D eigenvalue weighted by atomic mass is 32.2. The van der Waals surface area contributed by atoms with E-state index in [4.69, 9.17) is 0 Å². The van der Waals surface area contributed by atoms with Crippen LogP contribution in [0.5, 0.6) is 0 Å². The largest absolute Gasteiger partial charge is 0.356 e. The van der Waals surface area contributed by atoms with Crippen molar-refractivity contribution in [1.29, 1.82) is 0 Å². The second-order valence-corrected chi connectivity index (χ2v) is 8.45. The molecule has 2 aromatic rings. The highest BCUT2D eigenvalue weighted by molar-refractivity contribution is 7.90. The first-order valence-corrected chi connectivity index (χ1v) is 9.62. The van der Waals surface area contributed by atoms with Crippen LogP contribution >= 0.6 is 0 Å². The van der Waals surface area contributed by atoms with Crippen molar-refractivity contribution in [3.8, 4) is 0 Å². The SMILES string of the molecule is Cc1ccc2ncnc(N3CCCC(CS(C)(=O)=O)C3)c2c1. The topological polar surface area (TPSA) is 63.2 Å². The summed E-state index contributed by atoms with van der Waals surface area (Å²) in [5.74, 6) is 1.36. The summed E-state index contributed by atoms with van der Waals surface area (Å²) in [5.41, 5.74) is 2.11. The summed E-state index contributed by atoms with van der Waals surface area (Å²) in [6, 6.07) is 6.15. The molecule has 2 heterocycles. The lowest BCUT2D eigenvalue weighted by atomic mass is 9.99. The Kier molecular flexibility index (Phi) is 4.04. The van der Waals surface area contributed by atoms with Crippen LogP contribution in [0.1, 0.15) is 18.4 Å². The van der Waals surface area contributed by atoms with E-state index in [2.05, 4.69) is 27.9 Å². The molecule has 1 aromatic carbocycles. The van der Waals surface area contributed by atoms with Gasteiger partial charge < -0.3 is 4.90 Å². The van der Waals surface area contributed by atoms with E-state index < -0.39 is 9.84 Å². The van der Waals surface area contributed by atoms with E-state index in [1.54, 1.807) is 6.33 Å². The zero-order chi connectivity index (χ0) is 15.7. The molecule has 0 amide bonds. The number of hydrogen-bond acceptors (Lipinski definition) is 5. The molecule has 0 saturated carbocycles.